The predicted molar refractivity (Wildman–Crippen MR) is 81.5 cm³/mol. The molecule has 2 rings (SSSR count). The lowest BCUT2D eigenvalue weighted by Crippen LogP contribution is -2.50. The van der Waals surface area contributed by atoms with E-state index < -0.39 is 22.0 Å². The second-order valence-corrected chi connectivity index (χ2v) is 8.34. The molecule has 1 aromatic carbocycles. The largest absolute Gasteiger partial charge is 0.480 e. The van der Waals surface area contributed by atoms with Gasteiger partial charge >= 0.3 is 5.97 Å². The van der Waals surface area contributed by atoms with Gasteiger partial charge in [0.25, 0.3) is 0 Å². The number of carbonyl (C=O) groups is 1. The fourth-order valence-electron chi connectivity index (χ4n) is 2.01. The molecule has 0 radical (unpaired) electrons. The van der Waals surface area contributed by atoms with Crippen molar-refractivity contribution in [3.05, 3.63) is 28.2 Å². The Kier molecular flexibility index (Phi) is 4.78. The van der Waals surface area contributed by atoms with Crippen LogP contribution in [-0.2, 0) is 14.8 Å². The minimum absolute atomic E-state index is 0.112. The van der Waals surface area contributed by atoms with E-state index in [9.17, 15) is 18.3 Å². The Morgan fingerprint density at radius 1 is 1.50 bits per heavy atom. The third-order valence-corrected chi connectivity index (χ3v) is 6.95. The molecule has 8 heteroatoms. The van der Waals surface area contributed by atoms with Crippen molar-refractivity contribution in [2.75, 3.05) is 18.1 Å². The Balaban J connectivity index is 2.45. The summed E-state index contributed by atoms with van der Waals surface area (Å²) in [6.07, 6.45) is 0. The summed E-state index contributed by atoms with van der Waals surface area (Å²) in [6.45, 7) is 2.07. The Morgan fingerprint density at radius 2 is 2.20 bits per heavy atom. The van der Waals surface area contributed by atoms with E-state index in [1.54, 1.807) is 12.1 Å². The number of hydrogen-bond donors (Lipinski definition) is 1. The summed E-state index contributed by atoms with van der Waals surface area (Å²) in [7, 11) is -3.81. The highest BCUT2D eigenvalue weighted by molar-refractivity contribution is 9.10. The Bertz CT molecular complexity index is 632. The van der Waals surface area contributed by atoms with Gasteiger partial charge in [-0.25, -0.2) is 8.42 Å². The Hall–Kier alpha value is -0.570. The maximum Gasteiger partial charge on any atom is 0.322 e. The molecule has 1 aromatic rings. The molecule has 0 spiro atoms. The SMILES string of the molecule is Cc1ccc(S(=O)(=O)N2CCSCC2C(=O)O)c(Br)c1. The number of sulfonamides is 1. The first-order valence-corrected chi connectivity index (χ1v) is 9.31. The van der Waals surface area contributed by atoms with Crippen LogP contribution in [0, 0.1) is 6.92 Å². The number of rotatable bonds is 3. The Labute approximate surface area is 130 Å². The van der Waals surface area contributed by atoms with Gasteiger partial charge in [0.2, 0.25) is 10.0 Å². The molecule has 1 atom stereocenters. The van der Waals surface area contributed by atoms with Gasteiger partial charge in [-0.1, -0.05) is 6.07 Å². The Morgan fingerprint density at radius 3 is 2.80 bits per heavy atom. The molecule has 5 nitrogen and oxygen atoms in total. The molecule has 0 amide bonds. The van der Waals surface area contributed by atoms with Crippen LogP contribution in [0.4, 0.5) is 0 Å². The predicted octanol–water partition coefficient (Wildman–Crippen LogP) is 1.95. The van der Waals surface area contributed by atoms with Crippen LogP contribution in [0.3, 0.4) is 0 Å². The van der Waals surface area contributed by atoms with Crippen LogP contribution in [0.1, 0.15) is 5.56 Å². The monoisotopic (exact) mass is 379 g/mol. The summed E-state index contributed by atoms with van der Waals surface area (Å²) in [5.41, 5.74) is 0.930. The number of aryl methyl sites for hydroxylation is 1. The van der Waals surface area contributed by atoms with Crippen LogP contribution in [0.25, 0.3) is 0 Å². The quantitative estimate of drug-likeness (QED) is 0.868. The lowest BCUT2D eigenvalue weighted by molar-refractivity contribution is -0.140. The van der Waals surface area contributed by atoms with Crippen LogP contribution in [0.5, 0.6) is 0 Å². The molecule has 0 aromatic heterocycles. The van der Waals surface area contributed by atoms with Crippen molar-refractivity contribution in [1.29, 1.82) is 0 Å². The second kappa shape index (κ2) is 6.05. The fraction of sp³-hybridized carbons (Fsp3) is 0.417. The van der Waals surface area contributed by atoms with Gasteiger partial charge in [0, 0.05) is 22.5 Å². The van der Waals surface area contributed by atoms with Crippen LogP contribution in [0.15, 0.2) is 27.6 Å². The number of nitrogens with zero attached hydrogens (tertiary/aromatic N) is 1. The molecule has 1 heterocycles. The van der Waals surface area contributed by atoms with Gasteiger partial charge in [0.05, 0.1) is 4.90 Å². The van der Waals surface area contributed by atoms with Crippen molar-refractivity contribution >= 4 is 43.7 Å². The summed E-state index contributed by atoms with van der Waals surface area (Å²) >= 11 is 4.70. The van der Waals surface area contributed by atoms with E-state index >= 15 is 0 Å². The summed E-state index contributed by atoms with van der Waals surface area (Å²) in [6, 6.07) is 3.91. The van der Waals surface area contributed by atoms with Crippen LogP contribution in [0.2, 0.25) is 0 Å². The first kappa shape index (κ1) is 15.8. The number of hydrogen-bond acceptors (Lipinski definition) is 4. The number of carboxylic acids is 1. The molecule has 20 heavy (non-hydrogen) atoms. The van der Waals surface area contributed by atoms with Gasteiger partial charge in [0.15, 0.2) is 0 Å². The highest BCUT2D eigenvalue weighted by Crippen LogP contribution is 2.30. The van der Waals surface area contributed by atoms with Crippen molar-refractivity contribution in [3.63, 3.8) is 0 Å². The summed E-state index contributed by atoms with van der Waals surface area (Å²) in [5.74, 6) is -0.228. The van der Waals surface area contributed by atoms with Gasteiger partial charge in [-0.3, -0.25) is 4.79 Å². The molecular weight excluding hydrogens is 366 g/mol. The zero-order chi connectivity index (χ0) is 14.9. The zero-order valence-corrected chi connectivity index (χ0v) is 14.0. The molecule has 1 fully saturated rings. The van der Waals surface area contributed by atoms with Crippen molar-refractivity contribution < 1.29 is 18.3 Å². The number of halogens is 1. The first-order valence-electron chi connectivity index (χ1n) is 5.92. The fourth-order valence-corrected chi connectivity index (χ4v) is 6.00. The van der Waals surface area contributed by atoms with E-state index in [0.717, 1.165) is 9.87 Å². The van der Waals surface area contributed by atoms with Crippen molar-refractivity contribution in [2.24, 2.45) is 0 Å². The molecular formula is C12H14BrNO4S2. The van der Waals surface area contributed by atoms with E-state index in [0.29, 0.717) is 10.2 Å². The first-order chi connectivity index (χ1) is 9.34. The van der Waals surface area contributed by atoms with Gasteiger partial charge in [-0.05, 0) is 40.5 Å². The van der Waals surface area contributed by atoms with E-state index in [1.165, 1.54) is 17.8 Å². The van der Waals surface area contributed by atoms with Crippen LogP contribution in [-0.4, -0.2) is 47.9 Å². The van der Waals surface area contributed by atoms with E-state index in [4.69, 9.17) is 0 Å². The average molecular weight is 380 g/mol. The number of aliphatic carboxylic acids is 1. The number of benzene rings is 1. The molecule has 1 saturated heterocycles. The van der Waals surface area contributed by atoms with E-state index in [1.807, 2.05) is 6.92 Å². The van der Waals surface area contributed by atoms with Gasteiger partial charge in [-0.2, -0.15) is 16.1 Å². The normalized spacial score (nSPS) is 20.8. The number of carboxylic acid groups (broad SMARTS) is 1. The van der Waals surface area contributed by atoms with Crippen molar-refractivity contribution in [3.8, 4) is 0 Å². The molecule has 0 bridgehead atoms. The summed E-state index contributed by atoms with van der Waals surface area (Å²) < 4.78 is 26.9. The van der Waals surface area contributed by atoms with Crippen molar-refractivity contribution in [1.82, 2.24) is 4.31 Å². The molecule has 0 aliphatic carbocycles. The molecule has 1 unspecified atom stereocenters. The van der Waals surface area contributed by atoms with Gasteiger partial charge < -0.3 is 5.11 Å². The lowest BCUT2D eigenvalue weighted by atomic mass is 10.2. The second-order valence-electron chi connectivity index (χ2n) is 4.48. The lowest BCUT2D eigenvalue weighted by Gasteiger charge is -2.31. The van der Waals surface area contributed by atoms with E-state index in [-0.39, 0.29) is 17.2 Å². The third-order valence-electron chi connectivity index (χ3n) is 3.04. The minimum atomic E-state index is -3.81. The molecule has 1 aliphatic rings. The standard InChI is InChI=1S/C12H14BrNO4S2/c1-8-2-3-11(9(13)6-8)20(17,18)14-4-5-19-7-10(14)12(15)16/h2-3,6,10H,4-5,7H2,1H3,(H,15,16). The van der Waals surface area contributed by atoms with Crippen molar-refractivity contribution in [2.45, 2.75) is 17.9 Å². The third kappa shape index (κ3) is 3.03. The maximum absolute atomic E-state index is 12.7. The molecule has 110 valence electrons. The topological polar surface area (TPSA) is 74.7 Å². The van der Waals surface area contributed by atoms with Gasteiger partial charge in [0.1, 0.15) is 6.04 Å². The molecule has 0 saturated carbocycles. The maximum atomic E-state index is 12.7. The van der Waals surface area contributed by atoms with Gasteiger partial charge in [-0.15, -0.1) is 0 Å². The van der Waals surface area contributed by atoms with E-state index in [2.05, 4.69) is 15.9 Å². The summed E-state index contributed by atoms with van der Waals surface area (Å²) in [4.78, 5) is 11.4. The van der Waals surface area contributed by atoms with Crippen LogP contribution >= 0.6 is 27.7 Å². The summed E-state index contributed by atoms with van der Waals surface area (Å²) in [5, 5.41) is 9.20. The smallest absolute Gasteiger partial charge is 0.322 e. The highest BCUT2D eigenvalue weighted by Gasteiger charge is 2.38. The highest BCUT2D eigenvalue weighted by atomic mass is 79.9. The van der Waals surface area contributed by atoms with Crippen LogP contribution < -0.4 is 0 Å². The zero-order valence-electron chi connectivity index (χ0n) is 10.7. The minimum Gasteiger partial charge on any atom is -0.480 e. The number of thioether (sulfide) groups is 1. The average Bonchev–Trinajstić information content (AvgIpc) is 2.38. The molecule has 1 N–H and O–H groups in total. The molecule has 1 aliphatic heterocycles.